The van der Waals surface area contributed by atoms with Crippen LogP contribution in [0.15, 0.2) is 36.4 Å². The topological polar surface area (TPSA) is 41.1 Å². The van der Waals surface area contributed by atoms with Crippen molar-refractivity contribution >= 4 is 11.6 Å². The number of carbonyl (C=O) groups excluding carboxylic acids is 1. The van der Waals surface area contributed by atoms with Gasteiger partial charge in [-0.2, -0.15) is 0 Å². The lowest BCUT2D eigenvalue weighted by molar-refractivity contribution is 0.102. The number of nitrogens with one attached hydrogen (secondary N) is 2. The van der Waals surface area contributed by atoms with Crippen LogP contribution < -0.4 is 10.6 Å². The zero-order chi connectivity index (χ0) is 14.8. The number of amides is 1. The first-order chi connectivity index (χ1) is 10.1. The third-order valence-corrected chi connectivity index (χ3v) is 3.73. The second kappa shape index (κ2) is 5.66. The molecule has 3 nitrogen and oxygen atoms in total. The van der Waals surface area contributed by atoms with E-state index in [0.29, 0.717) is 5.56 Å². The van der Waals surface area contributed by atoms with Crippen LogP contribution in [0.1, 0.15) is 27.0 Å². The second-order valence-corrected chi connectivity index (χ2v) is 5.35. The summed E-state index contributed by atoms with van der Waals surface area (Å²) in [5.74, 6) is -0.707. The highest BCUT2D eigenvalue weighted by Crippen LogP contribution is 2.19. The maximum absolute atomic E-state index is 13.7. The van der Waals surface area contributed by atoms with Crippen LogP contribution in [0.4, 0.5) is 10.1 Å². The fraction of sp³-hybridized carbons (Fsp3) is 0.235. The van der Waals surface area contributed by atoms with Gasteiger partial charge in [-0.1, -0.05) is 12.1 Å². The summed E-state index contributed by atoms with van der Waals surface area (Å²) in [5.41, 5.74) is 4.08. The molecule has 2 aromatic carbocycles. The molecule has 0 saturated carbocycles. The molecular formula is C17H17FN2O. The number of rotatable bonds is 2. The SMILES string of the molecule is Cc1ccc(F)c(NC(=O)c2ccc3c(c2)CNCC3)c1. The van der Waals surface area contributed by atoms with E-state index in [9.17, 15) is 9.18 Å². The summed E-state index contributed by atoms with van der Waals surface area (Å²) in [7, 11) is 0. The molecule has 1 amide bonds. The lowest BCUT2D eigenvalue weighted by Crippen LogP contribution is -2.24. The molecule has 1 heterocycles. The molecule has 0 aromatic heterocycles. The highest BCUT2D eigenvalue weighted by atomic mass is 19.1. The van der Waals surface area contributed by atoms with Gasteiger partial charge >= 0.3 is 0 Å². The molecule has 0 saturated heterocycles. The van der Waals surface area contributed by atoms with E-state index in [0.717, 1.165) is 30.6 Å². The van der Waals surface area contributed by atoms with Gasteiger partial charge in [0.1, 0.15) is 5.82 Å². The molecule has 2 aromatic rings. The maximum Gasteiger partial charge on any atom is 0.255 e. The summed E-state index contributed by atoms with van der Waals surface area (Å²) in [6, 6.07) is 10.3. The summed E-state index contributed by atoms with van der Waals surface area (Å²) in [4.78, 5) is 12.3. The molecule has 0 unspecified atom stereocenters. The third kappa shape index (κ3) is 2.95. The van der Waals surface area contributed by atoms with E-state index < -0.39 is 5.82 Å². The molecule has 0 atom stereocenters. The summed E-state index contributed by atoms with van der Waals surface area (Å²) in [6.45, 7) is 3.60. The summed E-state index contributed by atoms with van der Waals surface area (Å²) >= 11 is 0. The minimum Gasteiger partial charge on any atom is -0.319 e. The van der Waals surface area contributed by atoms with Crippen LogP contribution in [-0.2, 0) is 13.0 Å². The maximum atomic E-state index is 13.7. The van der Waals surface area contributed by atoms with E-state index in [-0.39, 0.29) is 11.6 Å². The highest BCUT2D eigenvalue weighted by Gasteiger charge is 2.14. The zero-order valence-corrected chi connectivity index (χ0v) is 11.9. The lowest BCUT2D eigenvalue weighted by atomic mass is 9.98. The van der Waals surface area contributed by atoms with Gasteiger partial charge in [-0.25, -0.2) is 4.39 Å². The van der Waals surface area contributed by atoms with Gasteiger partial charge in [0.05, 0.1) is 5.69 Å². The second-order valence-electron chi connectivity index (χ2n) is 5.35. The van der Waals surface area contributed by atoms with Crippen LogP contribution in [0.5, 0.6) is 0 Å². The molecule has 1 aliphatic heterocycles. The quantitative estimate of drug-likeness (QED) is 0.890. The summed E-state index contributed by atoms with van der Waals surface area (Å²) < 4.78 is 13.7. The van der Waals surface area contributed by atoms with Crippen molar-refractivity contribution in [2.45, 2.75) is 19.9 Å². The lowest BCUT2D eigenvalue weighted by Gasteiger charge is -2.17. The average molecular weight is 284 g/mol. The van der Waals surface area contributed by atoms with Gasteiger partial charge in [-0.05, 0) is 60.8 Å². The summed E-state index contributed by atoms with van der Waals surface area (Å²) in [5, 5.41) is 5.92. The van der Waals surface area contributed by atoms with Crippen molar-refractivity contribution in [3.63, 3.8) is 0 Å². The Morgan fingerprint density at radius 3 is 2.90 bits per heavy atom. The van der Waals surface area contributed by atoms with Gasteiger partial charge in [0.2, 0.25) is 0 Å². The fourth-order valence-electron chi connectivity index (χ4n) is 2.55. The van der Waals surface area contributed by atoms with Crippen molar-refractivity contribution in [3.05, 3.63) is 64.5 Å². The normalized spacial score (nSPS) is 13.6. The number of hydrogen-bond acceptors (Lipinski definition) is 2. The molecule has 0 fully saturated rings. The van der Waals surface area contributed by atoms with Gasteiger partial charge in [-0.15, -0.1) is 0 Å². The van der Waals surface area contributed by atoms with Crippen molar-refractivity contribution in [2.24, 2.45) is 0 Å². The molecule has 3 rings (SSSR count). The Morgan fingerprint density at radius 1 is 1.19 bits per heavy atom. The van der Waals surface area contributed by atoms with Gasteiger partial charge in [0.15, 0.2) is 0 Å². The van der Waals surface area contributed by atoms with Crippen molar-refractivity contribution in [3.8, 4) is 0 Å². The smallest absolute Gasteiger partial charge is 0.255 e. The average Bonchev–Trinajstić information content (AvgIpc) is 2.50. The first kappa shape index (κ1) is 13.8. The third-order valence-electron chi connectivity index (χ3n) is 3.73. The standard InChI is InChI=1S/C17H17FN2O/c1-11-2-5-15(18)16(8-11)20-17(21)13-4-3-12-6-7-19-10-14(12)9-13/h2-5,8-9,19H,6-7,10H2,1H3,(H,20,21). The number of aryl methyl sites for hydroxylation is 1. The Bertz CT molecular complexity index is 697. The molecule has 108 valence electrons. The number of fused-ring (bicyclic) bond motifs is 1. The van der Waals surface area contributed by atoms with Crippen molar-refractivity contribution in [1.82, 2.24) is 5.32 Å². The monoisotopic (exact) mass is 284 g/mol. The Labute approximate surface area is 123 Å². The van der Waals surface area contributed by atoms with E-state index in [1.807, 2.05) is 19.1 Å². The van der Waals surface area contributed by atoms with Crippen LogP contribution >= 0.6 is 0 Å². The Hall–Kier alpha value is -2.20. The minimum absolute atomic E-state index is 0.218. The molecule has 0 aliphatic carbocycles. The van der Waals surface area contributed by atoms with E-state index in [1.54, 1.807) is 18.2 Å². The molecule has 0 radical (unpaired) electrons. The Kier molecular flexibility index (Phi) is 3.71. The van der Waals surface area contributed by atoms with Crippen LogP contribution in [0, 0.1) is 12.7 Å². The van der Waals surface area contributed by atoms with Gasteiger partial charge in [0.25, 0.3) is 5.91 Å². The van der Waals surface area contributed by atoms with Gasteiger partial charge in [-0.3, -0.25) is 4.79 Å². The Morgan fingerprint density at radius 2 is 2.05 bits per heavy atom. The van der Waals surface area contributed by atoms with E-state index >= 15 is 0 Å². The number of anilines is 1. The molecular weight excluding hydrogens is 267 g/mol. The van der Waals surface area contributed by atoms with Crippen LogP contribution in [0.25, 0.3) is 0 Å². The van der Waals surface area contributed by atoms with Crippen LogP contribution in [0.2, 0.25) is 0 Å². The van der Waals surface area contributed by atoms with Crippen LogP contribution in [0.3, 0.4) is 0 Å². The number of carbonyl (C=O) groups is 1. The molecule has 1 aliphatic rings. The predicted octanol–water partition coefficient (Wildman–Crippen LogP) is 3.03. The van der Waals surface area contributed by atoms with Crippen molar-refractivity contribution in [2.75, 3.05) is 11.9 Å². The predicted molar refractivity (Wildman–Crippen MR) is 80.9 cm³/mol. The largest absolute Gasteiger partial charge is 0.319 e. The first-order valence-electron chi connectivity index (χ1n) is 7.03. The van der Waals surface area contributed by atoms with E-state index in [2.05, 4.69) is 10.6 Å². The zero-order valence-electron chi connectivity index (χ0n) is 11.9. The number of hydrogen-bond donors (Lipinski definition) is 2. The molecule has 0 bridgehead atoms. The number of benzene rings is 2. The Balaban J connectivity index is 1.83. The van der Waals surface area contributed by atoms with Crippen molar-refractivity contribution in [1.29, 1.82) is 0 Å². The molecule has 2 N–H and O–H groups in total. The van der Waals surface area contributed by atoms with E-state index in [1.165, 1.54) is 11.6 Å². The fourth-order valence-corrected chi connectivity index (χ4v) is 2.55. The molecule has 4 heteroatoms. The molecule has 0 spiro atoms. The van der Waals surface area contributed by atoms with Gasteiger partial charge < -0.3 is 10.6 Å². The van der Waals surface area contributed by atoms with E-state index in [4.69, 9.17) is 0 Å². The molecule has 21 heavy (non-hydrogen) atoms. The number of halogens is 1. The highest BCUT2D eigenvalue weighted by molar-refractivity contribution is 6.04. The van der Waals surface area contributed by atoms with Gasteiger partial charge in [0, 0.05) is 12.1 Å². The van der Waals surface area contributed by atoms with Crippen molar-refractivity contribution < 1.29 is 9.18 Å². The van der Waals surface area contributed by atoms with Crippen LogP contribution in [-0.4, -0.2) is 12.5 Å². The first-order valence-corrected chi connectivity index (χ1v) is 7.03. The summed E-state index contributed by atoms with van der Waals surface area (Å²) in [6.07, 6.45) is 0.976. The minimum atomic E-state index is -0.423.